The molecule has 1 saturated heterocycles. The van der Waals surface area contributed by atoms with Crippen LogP contribution in [-0.2, 0) is 4.79 Å². The summed E-state index contributed by atoms with van der Waals surface area (Å²) in [4.78, 5) is 16.7. The van der Waals surface area contributed by atoms with E-state index in [1.54, 1.807) is 32.4 Å². The average Bonchev–Trinajstić information content (AvgIpc) is 2.89. The van der Waals surface area contributed by atoms with Crippen LogP contribution in [0.1, 0.15) is 16.7 Å². The first kappa shape index (κ1) is 24.3. The molecule has 1 amide bonds. The molecule has 4 rings (SSSR count). The molecule has 1 aromatic heterocycles. The minimum atomic E-state index is -0.0573. The molecule has 0 spiro atoms. The van der Waals surface area contributed by atoms with Gasteiger partial charge in [0.05, 0.1) is 19.9 Å². The number of benzene rings is 2. The molecular formula is C27H32N4O4. The van der Waals surface area contributed by atoms with Crippen LogP contribution in [0.3, 0.4) is 0 Å². The van der Waals surface area contributed by atoms with E-state index < -0.39 is 0 Å². The number of piperazine rings is 1. The van der Waals surface area contributed by atoms with Gasteiger partial charge in [0.25, 0.3) is 5.91 Å². The summed E-state index contributed by atoms with van der Waals surface area (Å²) in [5.74, 6) is 2.52. The van der Waals surface area contributed by atoms with Crippen molar-refractivity contribution in [3.05, 3.63) is 59.2 Å². The van der Waals surface area contributed by atoms with Crippen LogP contribution in [0.25, 0.3) is 11.3 Å². The molecule has 184 valence electrons. The Balaban J connectivity index is 1.32. The average molecular weight is 477 g/mol. The SMILES string of the molecule is COc1cc(OC)cc(OCC(=O)N2CCN(c3ccc(-c4cc(C)c(C)cc4C)nn3)CC2)c1. The van der Waals surface area contributed by atoms with E-state index in [-0.39, 0.29) is 12.5 Å². The molecular weight excluding hydrogens is 444 g/mol. The summed E-state index contributed by atoms with van der Waals surface area (Å²) < 4.78 is 16.2. The first-order chi connectivity index (χ1) is 16.9. The van der Waals surface area contributed by atoms with E-state index >= 15 is 0 Å². The van der Waals surface area contributed by atoms with Gasteiger partial charge in [-0.05, 0) is 55.7 Å². The van der Waals surface area contributed by atoms with Gasteiger partial charge in [-0.15, -0.1) is 10.2 Å². The summed E-state index contributed by atoms with van der Waals surface area (Å²) in [6, 6.07) is 13.6. The second-order valence-electron chi connectivity index (χ2n) is 8.73. The molecule has 0 aliphatic carbocycles. The van der Waals surface area contributed by atoms with E-state index in [4.69, 9.17) is 14.2 Å². The lowest BCUT2D eigenvalue weighted by atomic mass is 9.99. The second kappa shape index (κ2) is 10.6. The Morgan fingerprint density at radius 2 is 1.43 bits per heavy atom. The lowest BCUT2D eigenvalue weighted by molar-refractivity contribution is -0.133. The van der Waals surface area contributed by atoms with E-state index in [0.29, 0.717) is 43.4 Å². The highest BCUT2D eigenvalue weighted by Crippen LogP contribution is 2.28. The molecule has 1 aliphatic heterocycles. The monoisotopic (exact) mass is 476 g/mol. The zero-order valence-electron chi connectivity index (χ0n) is 21.0. The number of aromatic nitrogens is 2. The summed E-state index contributed by atoms with van der Waals surface area (Å²) >= 11 is 0. The normalized spacial score (nSPS) is 13.5. The van der Waals surface area contributed by atoms with Crippen molar-refractivity contribution < 1.29 is 19.0 Å². The molecule has 0 unspecified atom stereocenters. The van der Waals surface area contributed by atoms with Gasteiger partial charge in [0.1, 0.15) is 17.2 Å². The van der Waals surface area contributed by atoms with Crippen molar-refractivity contribution in [3.63, 3.8) is 0 Å². The predicted molar refractivity (Wildman–Crippen MR) is 136 cm³/mol. The van der Waals surface area contributed by atoms with Crippen molar-refractivity contribution in [2.75, 3.05) is 51.9 Å². The Morgan fingerprint density at radius 3 is 2.03 bits per heavy atom. The van der Waals surface area contributed by atoms with Crippen LogP contribution in [0.15, 0.2) is 42.5 Å². The number of methoxy groups -OCH3 is 2. The second-order valence-corrected chi connectivity index (χ2v) is 8.73. The highest BCUT2D eigenvalue weighted by Gasteiger charge is 2.23. The van der Waals surface area contributed by atoms with Crippen molar-refractivity contribution in [2.24, 2.45) is 0 Å². The van der Waals surface area contributed by atoms with Crippen molar-refractivity contribution in [2.45, 2.75) is 20.8 Å². The fraction of sp³-hybridized carbons (Fsp3) is 0.370. The zero-order valence-corrected chi connectivity index (χ0v) is 21.0. The molecule has 8 nitrogen and oxygen atoms in total. The Kier molecular flexibility index (Phi) is 7.39. The third kappa shape index (κ3) is 5.65. The number of hydrogen-bond acceptors (Lipinski definition) is 7. The summed E-state index contributed by atoms with van der Waals surface area (Å²) in [7, 11) is 3.15. The quantitative estimate of drug-likeness (QED) is 0.513. The maximum absolute atomic E-state index is 12.7. The highest BCUT2D eigenvalue weighted by molar-refractivity contribution is 5.78. The summed E-state index contributed by atoms with van der Waals surface area (Å²) in [6.45, 7) is 8.87. The summed E-state index contributed by atoms with van der Waals surface area (Å²) in [5, 5.41) is 8.96. The van der Waals surface area contributed by atoms with Gasteiger partial charge < -0.3 is 24.0 Å². The Hall–Kier alpha value is -3.81. The topological polar surface area (TPSA) is 77.0 Å². The largest absolute Gasteiger partial charge is 0.496 e. The number of carbonyl (C=O) groups excluding carboxylic acids is 1. The van der Waals surface area contributed by atoms with Crippen LogP contribution < -0.4 is 19.1 Å². The molecule has 0 bridgehead atoms. The van der Waals surface area contributed by atoms with E-state index in [1.165, 1.54) is 16.7 Å². The Labute approximate surface area is 206 Å². The summed E-state index contributed by atoms with van der Waals surface area (Å²) in [6.07, 6.45) is 0. The fourth-order valence-electron chi connectivity index (χ4n) is 4.16. The van der Waals surface area contributed by atoms with Crippen LogP contribution in [0, 0.1) is 20.8 Å². The van der Waals surface area contributed by atoms with E-state index in [9.17, 15) is 4.79 Å². The molecule has 0 N–H and O–H groups in total. The van der Waals surface area contributed by atoms with Crippen LogP contribution in [0.2, 0.25) is 0 Å². The number of carbonyl (C=O) groups is 1. The van der Waals surface area contributed by atoms with Crippen LogP contribution in [0.4, 0.5) is 5.82 Å². The van der Waals surface area contributed by atoms with E-state index in [1.807, 2.05) is 17.0 Å². The first-order valence-electron chi connectivity index (χ1n) is 11.7. The molecule has 3 aromatic rings. The minimum absolute atomic E-state index is 0.0415. The molecule has 35 heavy (non-hydrogen) atoms. The minimum Gasteiger partial charge on any atom is -0.496 e. The smallest absolute Gasteiger partial charge is 0.260 e. The lowest BCUT2D eigenvalue weighted by Crippen LogP contribution is -2.50. The van der Waals surface area contributed by atoms with Gasteiger partial charge in [0.2, 0.25) is 0 Å². The number of rotatable bonds is 7. The third-order valence-electron chi connectivity index (χ3n) is 6.41. The molecule has 0 saturated carbocycles. The predicted octanol–water partition coefficient (Wildman–Crippen LogP) is 3.81. The van der Waals surface area contributed by atoms with Crippen molar-refractivity contribution in [1.29, 1.82) is 0 Å². The van der Waals surface area contributed by atoms with Crippen LogP contribution >= 0.6 is 0 Å². The van der Waals surface area contributed by atoms with Gasteiger partial charge in [0, 0.05) is 49.9 Å². The number of ether oxygens (including phenoxy) is 3. The van der Waals surface area contributed by atoms with Crippen LogP contribution in [-0.4, -0.2) is 68.0 Å². The molecule has 2 heterocycles. The maximum Gasteiger partial charge on any atom is 0.260 e. The number of amides is 1. The Bertz CT molecular complexity index is 1170. The molecule has 2 aromatic carbocycles. The molecule has 8 heteroatoms. The molecule has 0 atom stereocenters. The molecule has 1 fully saturated rings. The van der Waals surface area contributed by atoms with Gasteiger partial charge in [-0.25, -0.2) is 0 Å². The highest BCUT2D eigenvalue weighted by atomic mass is 16.5. The molecule has 1 aliphatic rings. The number of hydrogen-bond donors (Lipinski definition) is 0. The number of nitrogens with zero attached hydrogens (tertiary/aromatic N) is 4. The maximum atomic E-state index is 12.7. The number of anilines is 1. The third-order valence-corrected chi connectivity index (χ3v) is 6.41. The Morgan fingerprint density at radius 1 is 0.800 bits per heavy atom. The lowest BCUT2D eigenvalue weighted by Gasteiger charge is -2.35. The van der Waals surface area contributed by atoms with Crippen molar-refractivity contribution in [3.8, 4) is 28.5 Å². The van der Waals surface area contributed by atoms with Gasteiger partial charge in [-0.1, -0.05) is 6.07 Å². The zero-order chi connectivity index (χ0) is 24.9. The van der Waals surface area contributed by atoms with Crippen molar-refractivity contribution in [1.82, 2.24) is 15.1 Å². The van der Waals surface area contributed by atoms with Gasteiger partial charge in [-0.2, -0.15) is 0 Å². The van der Waals surface area contributed by atoms with Crippen molar-refractivity contribution >= 4 is 11.7 Å². The molecule has 0 radical (unpaired) electrons. The van der Waals surface area contributed by atoms with Gasteiger partial charge >= 0.3 is 0 Å². The van der Waals surface area contributed by atoms with Crippen LogP contribution in [0.5, 0.6) is 17.2 Å². The van der Waals surface area contributed by atoms with E-state index in [2.05, 4.69) is 48.0 Å². The standard InChI is InChI=1S/C27H32N4O4/c1-18-12-20(3)24(13-19(18)2)25-6-7-26(29-28-25)30-8-10-31(11-9-30)27(32)17-35-23-15-21(33-4)14-22(16-23)34-5/h6-7,12-16H,8-11,17H2,1-5H3. The van der Waals surface area contributed by atoms with E-state index in [0.717, 1.165) is 17.1 Å². The fourth-order valence-corrected chi connectivity index (χ4v) is 4.16. The summed E-state index contributed by atoms with van der Waals surface area (Å²) in [5.41, 5.74) is 5.69. The van der Waals surface area contributed by atoms with Gasteiger partial charge in [0.15, 0.2) is 12.4 Å². The first-order valence-corrected chi connectivity index (χ1v) is 11.7. The van der Waals surface area contributed by atoms with Gasteiger partial charge in [-0.3, -0.25) is 4.79 Å². The number of aryl methyl sites for hydroxylation is 3.